The number of hydrogen-bond acceptors (Lipinski definition) is 7. The van der Waals surface area contributed by atoms with E-state index in [1.54, 1.807) is 38.5 Å². The third-order valence-electron chi connectivity index (χ3n) is 5.19. The van der Waals surface area contributed by atoms with Crippen LogP contribution in [-0.4, -0.2) is 54.9 Å². The summed E-state index contributed by atoms with van der Waals surface area (Å²) in [5, 5.41) is 4.72. The van der Waals surface area contributed by atoms with E-state index in [0.717, 1.165) is 17.7 Å². The first-order chi connectivity index (χ1) is 14.5. The van der Waals surface area contributed by atoms with Gasteiger partial charge in [0.2, 0.25) is 10.0 Å². The molecule has 0 bridgehead atoms. The summed E-state index contributed by atoms with van der Waals surface area (Å²) >= 11 is 0. The topological polar surface area (TPSA) is 99.7 Å². The van der Waals surface area contributed by atoms with Crippen molar-refractivity contribution >= 4 is 10.0 Å². The van der Waals surface area contributed by atoms with Crippen LogP contribution in [0.25, 0.3) is 11.4 Å². The highest BCUT2D eigenvalue weighted by Crippen LogP contribution is 2.32. The molecule has 0 unspecified atom stereocenters. The summed E-state index contributed by atoms with van der Waals surface area (Å²) in [4.78, 5) is 4.46. The van der Waals surface area contributed by atoms with E-state index in [2.05, 4.69) is 4.98 Å². The number of fused-ring (bicyclic) bond motifs is 1. The van der Waals surface area contributed by atoms with Crippen LogP contribution in [0, 0.1) is 0 Å². The van der Waals surface area contributed by atoms with Crippen LogP contribution >= 0.6 is 0 Å². The van der Waals surface area contributed by atoms with E-state index in [9.17, 15) is 8.42 Å². The molecule has 0 saturated heterocycles. The minimum absolute atomic E-state index is 0.232. The van der Waals surface area contributed by atoms with Gasteiger partial charge in [0.1, 0.15) is 23.4 Å². The maximum Gasteiger partial charge on any atom is 0.243 e. The molecule has 10 heteroatoms. The van der Waals surface area contributed by atoms with E-state index in [1.807, 2.05) is 4.68 Å². The van der Waals surface area contributed by atoms with Crippen molar-refractivity contribution in [2.45, 2.75) is 30.8 Å². The van der Waals surface area contributed by atoms with Gasteiger partial charge in [0.25, 0.3) is 0 Å². The van der Waals surface area contributed by atoms with Crippen molar-refractivity contribution < 1.29 is 22.3 Å². The fraction of sp³-hybridized carbons (Fsp3) is 0.400. The molecule has 0 saturated carbocycles. The van der Waals surface area contributed by atoms with E-state index < -0.39 is 10.0 Å². The van der Waals surface area contributed by atoms with Gasteiger partial charge in [0.05, 0.1) is 12.0 Å². The quantitative estimate of drug-likeness (QED) is 0.504. The van der Waals surface area contributed by atoms with Gasteiger partial charge in [0.15, 0.2) is 6.39 Å². The van der Waals surface area contributed by atoms with Gasteiger partial charge in [-0.15, -0.1) is 0 Å². The number of benzene rings is 1. The zero-order chi connectivity index (χ0) is 21.1. The van der Waals surface area contributed by atoms with Crippen molar-refractivity contribution in [2.24, 2.45) is 0 Å². The average molecular weight is 433 g/mol. The van der Waals surface area contributed by atoms with Gasteiger partial charge >= 0.3 is 0 Å². The van der Waals surface area contributed by atoms with Crippen LogP contribution in [0.15, 0.2) is 46.2 Å². The average Bonchev–Trinajstić information content (AvgIpc) is 3.42. The smallest absolute Gasteiger partial charge is 0.243 e. The summed E-state index contributed by atoms with van der Waals surface area (Å²) in [5.74, 6) is 0.612. The van der Waals surface area contributed by atoms with Crippen LogP contribution in [0.4, 0.5) is 0 Å². The van der Waals surface area contributed by atoms with Crippen LogP contribution in [-0.2, 0) is 34.3 Å². The van der Waals surface area contributed by atoms with Gasteiger partial charge < -0.3 is 13.9 Å². The normalized spacial score (nSPS) is 14.6. The standard InChI is InChI=1S/C20H24N4O5S/c1-27-11-3-9-24-19-8-10-23(12-17(19)20(22-24)18-13-29-14-21-18)30(25,26)16-6-4-15(28-2)5-7-16/h4-7,13-14H,3,8-12H2,1-2H3. The molecule has 30 heavy (non-hydrogen) atoms. The summed E-state index contributed by atoms with van der Waals surface area (Å²) in [6, 6.07) is 6.43. The van der Waals surface area contributed by atoms with E-state index >= 15 is 0 Å². The molecule has 2 aromatic heterocycles. The molecule has 0 atom stereocenters. The Morgan fingerprint density at radius 3 is 2.67 bits per heavy atom. The van der Waals surface area contributed by atoms with Crippen molar-refractivity contribution in [3.8, 4) is 17.1 Å². The van der Waals surface area contributed by atoms with E-state index in [1.165, 1.54) is 17.0 Å². The number of rotatable bonds is 8. The van der Waals surface area contributed by atoms with Crippen molar-refractivity contribution in [1.82, 2.24) is 19.1 Å². The first-order valence-corrected chi connectivity index (χ1v) is 11.1. The van der Waals surface area contributed by atoms with Crippen molar-refractivity contribution in [2.75, 3.05) is 27.4 Å². The Hall–Kier alpha value is -2.69. The SMILES string of the molecule is COCCCn1nc(-c2cocn2)c2c1CCN(S(=O)(=O)c1ccc(OC)cc1)C2. The second kappa shape index (κ2) is 8.58. The lowest BCUT2D eigenvalue weighted by molar-refractivity contribution is 0.188. The summed E-state index contributed by atoms with van der Waals surface area (Å²) in [5.41, 5.74) is 3.15. The first-order valence-electron chi connectivity index (χ1n) is 9.65. The van der Waals surface area contributed by atoms with E-state index in [-0.39, 0.29) is 11.4 Å². The predicted octanol–water partition coefficient (Wildman–Crippen LogP) is 2.33. The Kier molecular flexibility index (Phi) is 5.89. The molecule has 0 fully saturated rings. The number of sulfonamides is 1. The second-order valence-electron chi connectivity index (χ2n) is 6.98. The third kappa shape index (κ3) is 3.85. The van der Waals surface area contributed by atoms with Crippen LogP contribution < -0.4 is 4.74 Å². The summed E-state index contributed by atoms with van der Waals surface area (Å²) < 4.78 is 45.3. The highest BCUT2D eigenvalue weighted by molar-refractivity contribution is 7.89. The molecule has 160 valence electrons. The Labute approximate surface area is 175 Å². The molecule has 0 N–H and O–H groups in total. The van der Waals surface area contributed by atoms with Gasteiger partial charge in [-0.25, -0.2) is 13.4 Å². The third-order valence-corrected chi connectivity index (χ3v) is 7.05. The first kappa shape index (κ1) is 20.6. The van der Waals surface area contributed by atoms with Gasteiger partial charge in [-0.05, 0) is 30.7 Å². The molecule has 9 nitrogen and oxygen atoms in total. The minimum atomic E-state index is -3.65. The van der Waals surface area contributed by atoms with Crippen molar-refractivity contribution in [1.29, 1.82) is 0 Å². The molecule has 4 rings (SSSR count). The lowest BCUT2D eigenvalue weighted by Crippen LogP contribution is -2.36. The van der Waals surface area contributed by atoms with E-state index in [4.69, 9.17) is 19.0 Å². The fourth-order valence-corrected chi connectivity index (χ4v) is 5.06. The van der Waals surface area contributed by atoms with Crippen LogP contribution in [0.2, 0.25) is 0 Å². The summed E-state index contributed by atoms with van der Waals surface area (Å²) in [7, 11) is -0.435. The zero-order valence-corrected chi connectivity index (χ0v) is 17.8. The number of aromatic nitrogens is 3. The molecular formula is C20H24N4O5S. The molecule has 1 aromatic carbocycles. The second-order valence-corrected chi connectivity index (χ2v) is 8.92. The number of hydrogen-bond donors (Lipinski definition) is 0. The van der Waals surface area contributed by atoms with Crippen LogP contribution in [0.3, 0.4) is 0 Å². The maximum atomic E-state index is 13.2. The minimum Gasteiger partial charge on any atom is -0.497 e. The number of ether oxygens (including phenoxy) is 2. The Morgan fingerprint density at radius 1 is 1.20 bits per heavy atom. The summed E-state index contributed by atoms with van der Waals surface area (Å²) in [6.07, 6.45) is 4.26. The number of aryl methyl sites for hydroxylation is 1. The highest BCUT2D eigenvalue weighted by Gasteiger charge is 2.33. The molecule has 0 amide bonds. The van der Waals surface area contributed by atoms with Gasteiger partial charge in [-0.2, -0.15) is 9.40 Å². The molecule has 3 aromatic rings. The van der Waals surface area contributed by atoms with Crippen LogP contribution in [0.5, 0.6) is 5.75 Å². The lowest BCUT2D eigenvalue weighted by Gasteiger charge is -2.27. The lowest BCUT2D eigenvalue weighted by atomic mass is 10.1. The zero-order valence-electron chi connectivity index (χ0n) is 16.9. The fourth-order valence-electron chi connectivity index (χ4n) is 3.65. The molecule has 0 spiro atoms. The number of nitrogens with zero attached hydrogens (tertiary/aromatic N) is 4. The molecule has 3 heterocycles. The Bertz CT molecular complexity index is 1090. The van der Waals surface area contributed by atoms with Gasteiger partial charge in [0, 0.05) is 51.0 Å². The molecule has 0 radical (unpaired) electrons. The Balaban J connectivity index is 1.66. The highest BCUT2D eigenvalue weighted by atomic mass is 32.2. The largest absolute Gasteiger partial charge is 0.497 e. The maximum absolute atomic E-state index is 13.2. The predicted molar refractivity (Wildman–Crippen MR) is 109 cm³/mol. The van der Waals surface area contributed by atoms with Crippen molar-refractivity contribution in [3.05, 3.63) is 48.2 Å². The molecule has 1 aliphatic rings. The Morgan fingerprint density at radius 2 is 2.00 bits per heavy atom. The molecule has 1 aliphatic heterocycles. The van der Waals surface area contributed by atoms with Crippen molar-refractivity contribution in [3.63, 3.8) is 0 Å². The number of oxazole rings is 1. The van der Waals surface area contributed by atoms with Gasteiger partial charge in [-0.3, -0.25) is 4.68 Å². The molecular weight excluding hydrogens is 408 g/mol. The monoisotopic (exact) mass is 432 g/mol. The van der Waals surface area contributed by atoms with Gasteiger partial charge in [-0.1, -0.05) is 0 Å². The van der Waals surface area contributed by atoms with E-state index in [0.29, 0.717) is 43.3 Å². The molecule has 0 aliphatic carbocycles. The summed E-state index contributed by atoms with van der Waals surface area (Å²) in [6.45, 7) is 1.94. The number of methoxy groups -OCH3 is 2. The van der Waals surface area contributed by atoms with Crippen LogP contribution in [0.1, 0.15) is 17.7 Å².